The van der Waals surface area contributed by atoms with Crippen molar-refractivity contribution in [2.75, 3.05) is 25.1 Å². The quantitative estimate of drug-likeness (QED) is 0.848. The van der Waals surface area contributed by atoms with Crippen molar-refractivity contribution in [2.24, 2.45) is 11.8 Å². The van der Waals surface area contributed by atoms with Gasteiger partial charge < -0.3 is 15.0 Å². The molecule has 0 spiro atoms. The van der Waals surface area contributed by atoms with E-state index >= 15 is 0 Å². The largest absolute Gasteiger partial charge is 0.497 e. The number of nitrogens with zero attached hydrogens (tertiary/aromatic N) is 3. The third kappa shape index (κ3) is 4.76. The van der Waals surface area contributed by atoms with Gasteiger partial charge in [0.05, 0.1) is 13.2 Å². The lowest BCUT2D eigenvalue weighted by Crippen LogP contribution is -2.43. The van der Waals surface area contributed by atoms with E-state index in [1.54, 1.807) is 19.5 Å². The number of carbonyl (C=O) groups excluding carboxylic acids is 1. The van der Waals surface area contributed by atoms with Crippen molar-refractivity contribution in [1.29, 1.82) is 0 Å². The Balaban J connectivity index is 1.59. The molecule has 1 fully saturated rings. The predicted octanol–water partition coefficient (Wildman–Crippen LogP) is 3.22. The lowest BCUT2D eigenvalue weighted by Gasteiger charge is -2.32. The summed E-state index contributed by atoms with van der Waals surface area (Å²) in [6, 6.07) is 9.75. The van der Waals surface area contributed by atoms with Gasteiger partial charge in [0.25, 0.3) is 0 Å². The first-order valence-corrected chi connectivity index (χ1v) is 9.54. The molecule has 2 aromatic rings. The van der Waals surface area contributed by atoms with Crippen LogP contribution in [0.25, 0.3) is 0 Å². The Bertz CT molecular complexity index is 726. The van der Waals surface area contributed by atoms with E-state index in [0.29, 0.717) is 5.92 Å². The number of carbonyl (C=O) groups is 1. The number of nitrogens with one attached hydrogen (secondary N) is 1. The highest BCUT2D eigenvalue weighted by molar-refractivity contribution is 5.79. The smallest absolute Gasteiger partial charge is 0.225 e. The molecule has 6 heteroatoms. The SMILES string of the molecule is COc1ccc(C(NC(=O)C2CCN(c3ncccn3)CC2)C(C)C)cc1. The molecule has 1 amide bonds. The highest BCUT2D eigenvalue weighted by atomic mass is 16.5. The van der Waals surface area contributed by atoms with E-state index in [0.717, 1.165) is 43.2 Å². The van der Waals surface area contributed by atoms with Crippen LogP contribution in [0.15, 0.2) is 42.7 Å². The summed E-state index contributed by atoms with van der Waals surface area (Å²) in [7, 11) is 1.66. The molecule has 1 aromatic carbocycles. The van der Waals surface area contributed by atoms with E-state index in [4.69, 9.17) is 4.74 Å². The molecule has 1 aliphatic heterocycles. The molecule has 27 heavy (non-hydrogen) atoms. The number of ether oxygens (including phenoxy) is 1. The fourth-order valence-corrected chi connectivity index (χ4v) is 3.51. The standard InChI is InChI=1S/C21H28N4O2/c1-15(2)19(16-5-7-18(27-3)8-6-16)24-20(26)17-9-13-25(14-10-17)21-22-11-4-12-23-21/h4-8,11-12,15,17,19H,9-10,13-14H2,1-3H3,(H,24,26). The van der Waals surface area contributed by atoms with Crippen LogP contribution < -0.4 is 15.0 Å². The first-order valence-electron chi connectivity index (χ1n) is 9.54. The van der Waals surface area contributed by atoms with Crippen LogP contribution in [0.3, 0.4) is 0 Å². The van der Waals surface area contributed by atoms with E-state index in [-0.39, 0.29) is 17.9 Å². The van der Waals surface area contributed by atoms with Crippen LogP contribution in [0.5, 0.6) is 5.75 Å². The van der Waals surface area contributed by atoms with Crippen molar-refractivity contribution in [1.82, 2.24) is 15.3 Å². The van der Waals surface area contributed by atoms with Crippen LogP contribution in [-0.2, 0) is 4.79 Å². The van der Waals surface area contributed by atoms with E-state index < -0.39 is 0 Å². The van der Waals surface area contributed by atoms with Crippen LogP contribution in [0, 0.1) is 11.8 Å². The molecule has 0 bridgehead atoms. The summed E-state index contributed by atoms with van der Waals surface area (Å²) in [5.74, 6) is 2.04. The summed E-state index contributed by atoms with van der Waals surface area (Å²) in [5, 5.41) is 3.27. The van der Waals surface area contributed by atoms with Gasteiger partial charge >= 0.3 is 0 Å². The molecule has 1 unspecified atom stereocenters. The Morgan fingerprint density at radius 3 is 2.33 bits per heavy atom. The van der Waals surface area contributed by atoms with Crippen LogP contribution in [0.4, 0.5) is 5.95 Å². The molecule has 144 valence electrons. The van der Waals surface area contributed by atoms with Crippen LogP contribution >= 0.6 is 0 Å². The van der Waals surface area contributed by atoms with Crippen molar-refractivity contribution >= 4 is 11.9 Å². The van der Waals surface area contributed by atoms with Crippen LogP contribution in [0.2, 0.25) is 0 Å². The van der Waals surface area contributed by atoms with Crippen molar-refractivity contribution in [3.05, 3.63) is 48.3 Å². The van der Waals surface area contributed by atoms with Gasteiger partial charge in [0.1, 0.15) is 5.75 Å². The molecule has 0 radical (unpaired) electrons. The van der Waals surface area contributed by atoms with Gasteiger partial charge in [-0.3, -0.25) is 4.79 Å². The monoisotopic (exact) mass is 368 g/mol. The number of methoxy groups -OCH3 is 1. The molecule has 1 N–H and O–H groups in total. The first kappa shape index (κ1) is 19.1. The average Bonchev–Trinajstić information content (AvgIpc) is 2.72. The second kappa shape index (κ2) is 8.84. The number of anilines is 1. The van der Waals surface area contributed by atoms with Crippen LogP contribution in [-0.4, -0.2) is 36.1 Å². The molecule has 1 saturated heterocycles. The highest BCUT2D eigenvalue weighted by Gasteiger charge is 2.28. The maximum Gasteiger partial charge on any atom is 0.225 e. The van der Waals surface area contributed by atoms with E-state index in [2.05, 4.69) is 34.0 Å². The topological polar surface area (TPSA) is 67.3 Å². The van der Waals surface area contributed by atoms with Crippen molar-refractivity contribution in [3.63, 3.8) is 0 Å². The summed E-state index contributed by atoms with van der Waals surface area (Å²) >= 11 is 0. The minimum atomic E-state index is -0.00103. The summed E-state index contributed by atoms with van der Waals surface area (Å²) in [5.41, 5.74) is 1.11. The molecule has 1 aliphatic rings. The zero-order chi connectivity index (χ0) is 19.2. The van der Waals surface area contributed by atoms with Gasteiger partial charge in [-0.25, -0.2) is 9.97 Å². The highest BCUT2D eigenvalue weighted by Crippen LogP contribution is 2.26. The van der Waals surface area contributed by atoms with Gasteiger partial charge in [-0.1, -0.05) is 26.0 Å². The molecule has 3 rings (SSSR count). The molecular formula is C21H28N4O2. The third-order valence-corrected chi connectivity index (χ3v) is 5.14. The molecule has 1 aromatic heterocycles. The minimum Gasteiger partial charge on any atom is -0.497 e. The van der Waals surface area contributed by atoms with Gasteiger partial charge in [0, 0.05) is 31.4 Å². The Kier molecular flexibility index (Phi) is 6.27. The Morgan fingerprint density at radius 1 is 1.15 bits per heavy atom. The summed E-state index contributed by atoms with van der Waals surface area (Å²) < 4.78 is 5.23. The van der Waals surface area contributed by atoms with Gasteiger partial charge in [-0.2, -0.15) is 0 Å². The van der Waals surface area contributed by atoms with E-state index in [1.807, 2.05) is 30.3 Å². The summed E-state index contributed by atoms with van der Waals surface area (Å²) in [6.45, 7) is 5.86. The minimum absolute atomic E-state index is 0.00103. The number of rotatable bonds is 6. The lowest BCUT2D eigenvalue weighted by molar-refractivity contribution is -0.126. The number of benzene rings is 1. The molecule has 2 heterocycles. The maximum absolute atomic E-state index is 12.9. The summed E-state index contributed by atoms with van der Waals surface area (Å²) in [6.07, 6.45) is 5.14. The predicted molar refractivity (Wildman–Crippen MR) is 106 cm³/mol. The third-order valence-electron chi connectivity index (χ3n) is 5.14. The molecule has 0 aliphatic carbocycles. The zero-order valence-electron chi connectivity index (χ0n) is 16.3. The van der Waals surface area contributed by atoms with Gasteiger partial charge in [-0.05, 0) is 42.5 Å². The number of amides is 1. The molecule has 0 saturated carbocycles. The van der Waals surface area contributed by atoms with Crippen molar-refractivity contribution in [2.45, 2.75) is 32.7 Å². The Hall–Kier alpha value is -2.63. The fraction of sp³-hybridized carbons (Fsp3) is 0.476. The van der Waals surface area contributed by atoms with Gasteiger partial charge in [0.2, 0.25) is 11.9 Å². The Morgan fingerprint density at radius 2 is 1.78 bits per heavy atom. The second-order valence-electron chi connectivity index (χ2n) is 7.31. The maximum atomic E-state index is 12.9. The molecule has 1 atom stereocenters. The average molecular weight is 368 g/mol. The fourth-order valence-electron chi connectivity index (χ4n) is 3.51. The number of aromatic nitrogens is 2. The normalized spacial score (nSPS) is 16.2. The second-order valence-corrected chi connectivity index (χ2v) is 7.31. The van der Waals surface area contributed by atoms with E-state index in [1.165, 1.54) is 0 Å². The first-order chi connectivity index (χ1) is 13.1. The zero-order valence-corrected chi connectivity index (χ0v) is 16.3. The number of hydrogen-bond acceptors (Lipinski definition) is 5. The molecular weight excluding hydrogens is 340 g/mol. The van der Waals surface area contributed by atoms with Gasteiger partial charge in [0.15, 0.2) is 0 Å². The number of hydrogen-bond donors (Lipinski definition) is 1. The lowest BCUT2D eigenvalue weighted by atomic mass is 9.92. The molecule has 6 nitrogen and oxygen atoms in total. The van der Waals surface area contributed by atoms with Crippen molar-refractivity contribution < 1.29 is 9.53 Å². The number of piperidine rings is 1. The van der Waals surface area contributed by atoms with Gasteiger partial charge in [-0.15, -0.1) is 0 Å². The van der Waals surface area contributed by atoms with Crippen molar-refractivity contribution in [3.8, 4) is 5.75 Å². The summed E-state index contributed by atoms with van der Waals surface area (Å²) in [4.78, 5) is 23.6. The Labute approximate surface area is 161 Å². The van der Waals surface area contributed by atoms with E-state index in [9.17, 15) is 4.79 Å². The van der Waals surface area contributed by atoms with Crippen LogP contribution in [0.1, 0.15) is 38.3 Å².